The monoisotopic (exact) mass is 213 g/mol. The second-order valence-corrected chi connectivity index (χ2v) is 5.13. The normalized spacial score (nSPS) is 47.0. The molecule has 1 aliphatic heterocycles. The quantitative estimate of drug-likeness (QED) is 0.719. The van der Waals surface area contributed by atoms with Gasteiger partial charge in [-0.25, -0.2) is 0 Å². The van der Waals surface area contributed by atoms with Gasteiger partial charge in [-0.2, -0.15) is 0 Å². The Kier molecular flexibility index (Phi) is 3.33. The molecule has 0 radical (unpaired) electrons. The standard InChI is InChI=1S/C12H23NO2/c1-9-10(2)15-12(8-13-9)6-4-5-11(7-12)14-3/h9-11,13H,4-8H2,1-3H3. The molecule has 1 N–H and O–H groups in total. The van der Waals surface area contributed by atoms with Gasteiger partial charge in [-0.1, -0.05) is 0 Å². The minimum Gasteiger partial charge on any atom is -0.381 e. The zero-order valence-corrected chi connectivity index (χ0v) is 10.1. The Morgan fingerprint density at radius 2 is 2.20 bits per heavy atom. The van der Waals surface area contributed by atoms with Crippen molar-refractivity contribution < 1.29 is 9.47 Å². The van der Waals surface area contributed by atoms with Crippen molar-refractivity contribution in [1.82, 2.24) is 5.32 Å². The minimum atomic E-state index is 0.0465. The summed E-state index contributed by atoms with van der Waals surface area (Å²) >= 11 is 0. The molecule has 3 heteroatoms. The number of hydrogen-bond acceptors (Lipinski definition) is 3. The smallest absolute Gasteiger partial charge is 0.0835 e. The van der Waals surface area contributed by atoms with Crippen molar-refractivity contribution in [2.24, 2.45) is 0 Å². The van der Waals surface area contributed by atoms with Crippen molar-refractivity contribution in [3.8, 4) is 0 Å². The van der Waals surface area contributed by atoms with Gasteiger partial charge in [0.15, 0.2) is 0 Å². The van der Waals surface area contributed by atoms with Crippen molar-refractivity contribution in [2.75, 3.05) is 13.7 Å². The summed E-state index contributed by atoms with van der Waals surface area (Å²) in [4.78, 5) is 0. The fraction of sp³-hybridized carbons (Fsp3) is 1.00. The van der Waals surface area contributed by atoms with E-state index in [0.29, 0.717) is 18.2 Å². The first-order valence-electron chi connectivity index (χ1n) is 6.09. The first-order valence-corrected chi connectivity index (χ1v) is 6.09. The maximum Gasteiger partial charge on any atom is 0.0835 e. The molecule has 0 amide bonds. The summed E-state index contributed by atoms with van der Waals surface area (Å²) in [5, 5.41) is 3.56. The van der Waals surface area contributed by atoms with Crippen LogP contribution in [0.15, 0.2) is 0 Å². The largest absolute Gasteiger partial charge is 0.381 e. The van der Waals surface area contributed by atoms with Crippen molar-refractivity contribution in [1.29, 1.82) is 0 Å². The Balaban J connectivity index is 2.00. The van der Waals surface area contributed by atoms with Gasteiger partial charge >= 0.3 is 0 Å². The third-order valence-corrected chi connectivity index (χ3v) is 3.98. The summed E-state index contributed by atoms with van der Waals surface area (Å²) in [6.45, 7) is 5.33. The molecule has 1 saturated heterocycles. The molecule has 2 fully saturated rings. The number of rotatable bonds is 1. The highest BCUT2D eigenvalue weighted by Gasteiger charge is 2.42. The lowest BCUT2D eigenvalue weighted by Crippen LogP contribution is -2.59. The van der Waals surface area contributed by atoms with Crippen LogP contribution in [0.3, 0.4) is 0 Å². The van der Waals surface area contributed by atoms with E-state index in [9.17, 15) is 0 Å². The van der Waals surface area contributed by atoms with Crippen molar-refractivity contribution in [3.05, 3.63) is 0 Å². The maximum absolute atomic E-state index is 6.22. The van der Waals surface area contributed by atoms with Gasteiger partial charge in [0.2, 0.25) is 0 Å². The summed E-state index contributed by atoms with van der Waals surface area (Å²) in [5.74, 6) is 0. The van der Waals surface area contributed by atoms with E-state index in [-0.39, 0.29) is 5.60 Å². The fourth-order valence-electron chi connectivity index (χ4n) is 2.79. The second-order valence-electron chi connectivity index (χ2n) is 5.13. The van der Waals surface area contributed by atoms with Crippen LogP contribution >= 0.6 is 0 Å². The highest BCUT2D eigenvalue weighted by atomic mass is 16.5. The topological polar surface area (TPSA) is 30.5 Å². The maximum atomic E-state index is 6.22. The van der Waals surface area contributed by atoms with Crippen molar-refractivity contribution >= 4 is 0 Å². The number of hydrogen-bond donors (Lipinski definition) is 1. The SMILES string of the molecule is COC1CCCC2(CNC(C)C(C)O2)C1. The van der Waals surface area contributed by atoms with Crippen LogP contribution < -0.4 is 5.32 Å². The van der Waals surface area contributed by atoms with Crippen LogP contribution in [0.1, 0.15) is 39.5 Å². The molecule has 2 aliphatic rings. The van der Waals surface area contributed by atoms with E-state index in [1.807, 2.05) is 7.11 Å². The van der Waals surface area contributed by atoms with Crippen LogP contribution in [-0.4, -0.2) is 37.5 Å². The van der Waals surface area contributed by atoms with Crippen molar-refractivity contribution in [2.45, 2.75) is 63.4 Å². The minimum absolute atomic E-state index is 0.0465. The van der Waals surface area contributed by atoms with Gasteiger partial charge in [0, 0.05) is 26.1 Å². The van der Waals surface area contributed by atoms with E-state index in [1.165, 1.54) is 19.3 Å². The molecule has 4 unspecified atom stereocenters. The highest BCUT2D eigenvalue weighted by Crippen LogP contribution is 2.35. The average molecular weight is 213 g/mol. The molecule has 0 aromatic heterocycles. The van der Waals surface area contributed by atoms with Gasteiger partial charge in [0.05, 0.1) is 17.8 Å². The number of methoxy groups -OCH3 is 1. The molecule has 0 bridgehead atoms. The van der Waals surface area contributed by atoms with Crippen LogP contribution in [0.25, 0.3) is 0 Å². The molecule has 15 heavy (non-hydrogen) atoms. The van der Waals surface area contributed by atoms with Crippen molar-refractivity contribution in [3.63, 3.8) is 0 Å². The molecule has 88 valence electrons. The molecule has 4 atom stereocenters. The Morgan fingerprint density at radius 1 is 1.40 bits per heavy atom. The number of morpholine rings is 1. The van der Waals surface area contributed by atoms with Gasteiger partial charge in [-0.3, -0.25) is 0 Å². The van der Waals surface area contributed by atoms with E-state index in [0.717, 1.165) is 13.0 Å². The Morgan fingerprint density at radius 3 is 2.87 bits per heavy atom. The lowest BCUT2D eigenvalue weighted by molar-refractivity contribution is -0.161. The third kappa shape index (κ3) is 2.35. The van der Waals surface area contributed by atoms with E-state index < -0.39 is 0 Å². The first-order chi connectivity index (χ1) is 7.15. The zero-order valence-electron chi connectivity index (χ0n) is 10.1. The summed E-state index contributed by atoms with van der Waals surface area (Å²) in [7, 11) is 1.81. The van der Waals surface area contributed by atoms with Gasteiger partial charge in [0.25, 0.3) is 0 Å². The summed E-state index contributed by atoms with van der Waals surface area (Å²) in [6.07, 6.45) is 5.34. The van der Waals surface area contributed by atoms with Gasteiger partial charge in [-0.05, 0) is 33.1 Å². The van der Waals surface area contributed by atoms with Crippen LogP contribution in [0, 0.1) is 0 Å². The molecule has 0 aromatic rings. The molecule has 1 heterocycles. The average Bonchev–Trinajstić information content (AvgIpc) is 2.24. The Hall–Kier alpha value is -0.120. The predicted octanol–water partition coefficient (Wildman–Crippen LogP) is 1.71. The summed E-state index contributed by atoms with van der Waals surface area (Å²) < 4.78 is 11.7. The molecular weight excluding hydrogens is 190 g/mol. The molecule has 1 spiro atoms. The van der Waals surface area contributed by atoms with Crippen LogP contribution in [0.2, 0.25) is 0 Å². The first kappa shape index (κ1) is 11.4. The Labute approximate surface area is 92.5 Å². The number of nitrogens with one attached hydrogen (secondary N) is 1. The fourth-order valence-corrected chi connectivity index (χ4v) is 2.79. The molecular formula is C12H23NO2. The van der Waals surface area contributed by atoms with E-state index in [4.69, 9.17) is 9.47 Å². The van der Waals surface area contributed by atoms with E-state index >= 15 is 0 Å². The van der Waals surface area contributed by atoms with Crippen LogP contribution in [-0.2, 0) is 9.47 Å². The summed E-state index contributed by atoms with van der Waals surface area (Å²) in [5.41, 5.74) is 0.0465. The Bertz CT molecular complexity index is 216. The van der Waals surface area contributed by atoms with Gasteiger partial charge in [-0.15, -0.1) is 0 Å². The molecule has 1 saturated carbocycles. The summed E-state index contributed by atoms with van der Waals surface area (Å²) in [6, 6.07) is 0.471. The van der Waals surface area contributed by atoms with Crippen LogP contribution in [0.5, 0.6) is 0 Å². The molecule has 3 nitrogen and oxygen atoms in total. The molecule has 2 rings (SSSR count). The van der Waals surface area contributed by atoms with E-state index in [2.05, 4.69) is 19.2 Å². The van der Waals surface area contributed by atoms with Gasteiger partial charge in [0.1, 0.15) is 0 Å². The molecule has 1 aliphatic carbocycles. The predicted molar refractivity (Wildman–Crippen MR) is 60.0 cm³/mol. The van der Waals surface area contributed by atoms with E-state index in [1.54, 1.807) is 0 Å². The highest BCUT2D eigenvalue weighted by molar-refractivity contribution is 4.95. The zero-order chi connectivity index (χ0) is 10.9. The molecule has 0 aromatic carbocycles. The number of ether oxygens (including phenoxy) is 2. The van der Waals surface area contributed by atoms with Gasteiger partial charge < -0.3 is 14.8 Å². The third-order valence-electron chi connectivity index (χ3n) is 3.98. The lowest BCUT2D eigenvalue weighted by Gasteiger charge is -2.47. The van der Waals surface area contributed by atoms with Crippen LogP contribution in [0.4, 0.5) is 0 Å². The lowest BCUT2D eigenvalue weighted by atomic mass is 9.81. The second kappa shape index (κ2) is 4.40.